The van der Waals surface area contributed by atoms with Crippen LogP contribution in [0.2, 0.25) is 5.02 Å². The van der Waals surface area contributed by atoms with Gasteiger partial charge in [-0.1, -0.05) is 17.7 Å². The lowest BCUT2D eigenvalue weighted by Crippen LogP contribution is -2.42. The van der Waals surface area contributed by atoms with Crippen molar-refractivity contribution in [2.24, 2.45) is 0 Å². The summed E-state index contributed by atoms with van der Waals surface area (Å²) in [6, 6.07) is 6.30. The number of nitrogens with zero attached hydrogens (tertiary/aromatic N) is 1. The highest BCUT2D eigenvalue weighted by molar-refractivity contribution is 9.10. The molecule has 1 aliphatic carbocycles. The summed E-state index contributed by atoms with van der Waals surface area (Å²) in [6.07, 6.45) is 4.10. The van der Waals surface area contributed by atoms with E-state index >= 15 is 0 Å². The predicted octanol–water partition coefficient (Wildman–Crippen LogP) is 3.55. The predicted molar refractivity (Wildman–Crippen MR) is 76.9 cm³/mol. The highest BCUT2D eigenvalue weighted by Crippen LogP contribution is 2.52. The third-order valence-corrected chi connectivity index (χ3v) is 5.48. The van der Waals surface area contributed by atoms with Crippen LogP contribution in [0.25, 0.3) is 0 Å². The fraction of sp³-hybridized carbons (Fsp3) is 0.571. The molecule has 2 nitrogen and oxygen atoms in total. The van der Waals surface area contributed by atoms with Crippen molar-refractivity contribution >= 4 is 27.5 Å². The lowest BCUT2D eigenvalue weighted by atomic mass is 9.98. The normalized spacial score (nSPS) is 24.2. The van der Waals surface area contributed by atoms with Gasteiger partial charge in [-0.15, -0.1) is 0 Å². The van der Waals surface area contributed by atoms with Gasteiger partial charge in [-0.05, 0) is 59.3 Å². The first-order valence-electron chi connectivity index (χ1n) is 6.50. The summed E-state index contributed by atoms with van der Waals surface area (Å²) >= 11 is 9.65. The Kier molecular flexibility index (Phi) is 3.43. The van der Waals surface area contributed by atoms with Crippen LogP contribution in [0.15, 0.2) is 22.7 Å². The molecule has 1 saturated carbocycles. The van der Waals surface area contributed by atoms with E-state index in [1.54, 1.807) is 0 Å². The van der Waals surface area contributed by atoms with E-state index in [1.807, 2.05) is 6.07 Å². The third kappa shape index (κ3) is 2.22. The van der Waals surface area contributed by atoms with E-state index in [4.69, 9.17) is 11.6 Å². The van der Waals surface area contributed by atoms with Gasteiger partial charge in [0.05, 0.1) is 11.1 Å². The molecule has 1 heterocycles. The highest BCUT2D eigenvalue weighted by atomic mass is 79.9. The SMILES string of the molecule is OC1CCN(C2(c3ccc(Br)c(Cl)c3)CC2)CC1. The monoisotopic (exact) mass is 329 g/mol. The van der Waals surface area contributed by atoms with Crippen LogP contribution >= 0.6 is 27.5 Å². The quantitative estimate of drug-likeness (QED) is 0.896. The van der Waals surface area contributed by atoms with Crippen LogP contribution in [0.5, 0.6) is 0 Å². The number of likely N-dealkylation sites (tertiary alicyclic amines) is 1. The minimum atomic E-state index is -0.106. The maximum absolute atomic E-state index is 9.61. The topological polar surface area (TPSA) is 23.5 Å². The van der Waals surface area contributed by atoms with E-state index in [9.17, 15) is 5.11 Å². The highest BCUT2D eigenvalue weighted by Gasteiger charge is 2.49. The molecular weight excluding hydrogens is 314 g/mol. The van der Waals surface area contributed by atoms with Gasteiger partial charge in [0.2, 0.25) is 0 Å². The van der Waals surface area contributed by atoms with Crippen LogP contribution in [0, 0.1) is 0 Å². The minimum absolute atomic E-state index is 0.106. The zero-order valence-electron chi connectivity index (χ0n) is 10.2. The summed E-state index contributed by atoms with van der Waals surface area (Å²) in [4.78, 5) is 2.53. The van der Waals surface area contributed by atoms with Gasteiger partial charge in [0.1, 0.15) is 0 Å². The Hall–Kier alpha value is -0.0900. The molecule has 0 unspecified atom stereocenters. The second-order valence-corrected chi connectivity index (χ2v) is 6.64. The smallest absolute Gasteiger partial charge is 0.0564 e. The summed E-state index contributed by atoms with van der Waals surface area (Å²) in [6.45, 7) is 1.99. The van der Waals surface area contributed by atoms with Crippen LogP contribution in [0.3, 0.4) is 0 Å². The standard InChI is InChI=1S/C14H17BrClNO/c15-12-2-1-10(9-13(12)16)14(5-6-14)17-7-3-11(18)4-8-17/h1-2,9,11,18H,3-8H2. The molecule has 0 atom stereocenters. The summed E-state index contributed by atoms with van der Waals surface area (Å²) in [5, 5.41) is 10.4. The molecule has 0 spiro atoms. The maximum Gasteiger partial charge on any atom is 0.0564 e. The molecule has 3 rings (SSSR count). The maximum atomic E-state index is 9.61. The number of rotatable bonds is 2. The summed E-state index contributed by atoms with van der Waals surface area (Å²) in [5.41, 5.74) is 1.52. The number of hydrogen-bond acceptors (Lipinski definition) is 2. The van der Waals surface area contributed by atoms with Crippen LogP contribution in [-0.4, -0.2) is 29.2 Å². The number of piperidine rings is 1. The molecule has 1 aromatic carbocycles. The van der Waals surface area contributed by atoms with Crippen molar-refractivity contribution in [2.45, 2.75) is 37.3 Å². The molecule has 0 aromatic heterocycles. The summed E-state index contributed by atoms with van der Waals surface area (Å²) in [7, 11) is 0. The fourth-order valence-electron chi connectivity index (χ4n) is 2.99. The molecule has 0 bridgehead atoms. The average molecular weight is 331 g/mol. The lowest BCUT2D eigenvalue weighted by molar-refractivity contribution is 0.0522. The van der Waals surface area contributed by atoms with E-state index in [0.717, 1.165) is 35.4 Å². The van der Waals surface area contributed by atoms with Crippen molar-refractivity contribution in [1.82, 2.24) is 4.90 Å². The molecule has 98 valence electrons. The second kappa shape index (κ2) is 4.78. The number of aliphatic hydroxyl groups is 1. The van der Waals surface area contributed by atoms with Crippen molar-refractivity contribution in [3.63, 3.8) is 0 Å². The molecule has 1 N–H and O–H groups in total. The number of hydrogen-bond donors (Lipinski definition) is 1. The first kappa shape index (κ1) is 12.9. The summed E-state index contributed by atoms with van der Waals surface area (Å²) in [5.74, 6) is 0. The van der Waals surface area contributed by atoms with Gasteiger partial charge < -0.3 is 5.11 Å². The van der Waals surface area contributed by atoms with Gasteiger partial charge in [0, 0.05) is 23.1 Å². The largest absolute Gasteiger partial charge is 0.393 e. The van der Waals surface area contributed by atoms with Crippen molar-refractivity contribution in [1.29, 1.82) is 0 Å². The number of halogens is 2. The Balaban J connectivity index is 1.84. The zero-order valence-corrected chi connectivity index (χ0v) is 12.5. The average Bonchev–Trinajstić information content (AvgIpc) is 3.15. The van der Waals surface area contributed by atoms with Gasteiger partial charge in [-0.3, -0.25) is 4.90 Å². The van der Waals surface area contributed by atoms with Crippen molar-refractivity contribution in [2.75, 3.05) is 13.1 Å². The van der Waals surface area contributed by atoms with Crippen molar-refractivity contribution in [3.05, 3.63) is 33.3 Å². The Morgan fingerprint density at radius 1 is 1.28 bits per heavy atom. The van der Waals surface area contributed by atoms with Gasteiger partial charge in [-0.2, -0.15) is 0 Å². The van der Waals surface area contributed by atoms with Crippen molar-refractivity contribution in [3.8, 4) is 0 Å². The molecule has 1 aliphatic heterocycles. The van der Waals surface area contributed by atoms with E-state index in [0.29, 0.717) is 0 Å². The van der Waals surface area contributed by atoms with Crippen molar-refractivity contribution < 1.29 is 5.11 Å². The Morgan fingerprint density at radius 2 is 1.94 bits per heavy atom. The first-order valence-corrected chi connectivity index (χ1v) is 7.67. The third-order valence-electron chi connectivity index (χ3n) is 4.25. The Labute approximate surface area is 121 Å². The van der Waals surface area contributed by atoms with Gasteiger partial charge in [-0.25, -0.2) is 0 Å². The Morgan fingerprint density at radius 3 is 2.50 bits per heavy atom. The van der Waals surface area contributed by atoms with Gasteiger partial charge in [0.25, 0.3) is 0 Å². The number of benzene rings is 1. The molecular formula is C14H17BrClNO. The first-order chi connectivity index (χ1) is 8.62. The second-order valence-electron chi connectivity index (χ2n) is 5.38. The van der Waals surface area contributed by atoms with Crippen LogP contribution < -0.4 is 0 Å². The van der Waals surface area contributed by atoms with Gasteiger partial charge >= 0.3 is 0 Å². The molecule has 1 saturated heterocycles. The molecule has 2 aliphatic rings. The Bertz CT molecular complexity index is 453. The van der Waals surface area contributed by atoms with E-state index in [-0.39, 0.29) is 11.6 Å². The van der Waals surface area contributed by atoms with E-state index < -0.39 is 0 Å². The van der Waals surface area contributed by atoms with Gasteiger partial charge in [0.15, 0.2) is 0 Å². The molecule has 0 radical (unpaired) electrons. The summed E-state index contributed by atoms with van der Waals surface area (Å²) < 4.78 is 0.956. The fourth-order valence-corrected chi connectivity index (χ4v) is 3.41. The molecule has 2 fully saturated rings. The molecule has 0 amide bonds. The lowest BCUT2D eigenvalue weighted by Gasteiger charge is -2.37. The van der Waals surface area contributed by atoms with Crippen LogP contribution in [0.1, 0.15) is 31.2 Å². The zero-order chi connectivity index (χ0) is 12.8. The molecule has 18 heavy (non-hydrogen) atoms. The molecule has 4 heteroatoms. The molecule has 1 aromatic rings. The van der Waals surface area contributed by atoms with E-state index in [1.165, 1.54) is 18.4 Å². The van der Waals surface area contributed by atoms with E-state index in [2.05, 4.69) is 33.0 Å². The minimum Gasteiger partial charge on any atom is -0.393 e. The number of aliphatic hydroxyl groups excluding tert-OH is 1. The van der Waals surface area contributed by atoms with Crippen LogP contribution in [0.4, 0.5) is 0 Å². The van der Waals surface area contributed by atoms with Crippen LogP contribution in [-0.2, 0) is 5.54 Å².